The van der Waals surface area contributed by atoms with Gasteiger partial charge in [-0.2, -0.15) is 0 Å². The van der Waals surface area contributed by atoms with E-state index in [2.05, 4.69) is 19.2 Å². The Morgan fingerprint density at radius 3 is 1.41 bits per heavy atom. The van der Waals surface area contributed by atoms with E-state index < -0.39 is 12.0 Å². The Balaban J connectivity index is 3.42. The molecule has 0 aliphatic rings. The lowest BCUT2D eigenvalue weighted by molar-refractivity contribution is -0.142. The lowest BCUT2D eigenvalue weighted by atomic mass is 10.0. The van der Waals surface area contributed by atoms with Crippen molar-refractivity contribution in [1.29, 1.82) is 0 Å². The van der Waals surface area contributed by atoms with E-state index >= 15 is 0 Å². The largest absolute Gasteiger partial charge is 0.480 e. The average molecular weight is 412 g/mol. The second-order valence-corrected chi connectivity index (χ2v) is 8.65. The van der Waals surface area contributed by atoms with Crippen LogP contribution in [0.5, 0.6) is 0 Å². The van der Waals surface area contributed by atoms with E-state index in [4.69, 9.17) is 0 Å². The molecule has 0 unspecified atom stereocenters. The van der Waals surface area contributed by atoms with Crippen molar-refractivity contribution in [2.75, 3.05) is 0 Å². The number of nitrogens with one attached hydrogen (secondary N) is 1. The fourth-order valence-electron chi connectivity index (χ4n) is 3.78. The van der Waals surface area contributed by atoms with Crippen LogP contribution in [0.3, 0.4) is 0 Å². The number of hydrogen-bond donors (Lipinski definition) is 2. The number of carboxylic acid groups (broad SMARTS) is 1. The van der Waals surface area contributed by atoms with Gasteiger partial charge in [-0.15, -0.1) is 0 Å². The predicted octanol–water partition coefficient (Wildman–Crippen LogP) is 7.40. The van der Waals surface area contributed by atoms with Crippen molar-refractivity contribution in [2.45, 2.75) is 148 Å². The highest BCUT2D eigenvalue weighted by Gasteiger charge is 2.18. The van der Waals surface area contributed by atoms with E-state index in [9.17, 15) is 14.7 Å². The summed E-state index contributed by atoms with van der Waals surface area (Å²) in [6, 6.07) is -0.717. The number of unbranched alkanes of at least 4 members (excludes halogenated alkanes) is 16. The van der Waals surface area contributed by atoms with Gasteiger partial charge in [0, 0.05) is 6.42 Å². The molecule has 4 nitrogen and oxygen atoms in total. The summed E-state index contributed by atoms with van der Waals surface area (Å²) < 4.78 is 0. The summed E-state index contributed by atoms with van der Waals surface area (Å²) in [5, 5.41) is 11.9. The summed E-state index contributed by atoms with van der Waals surface area (Å²) >= 11 is 0. The number of carboxylic acids is 1. The van der Waals surface area contributed by atoms with Gasteiger partial charge in [-0.25, -0.2) is 4.79 Å². The van der Waals surface area contributed by atoms with Crippen molar-refractivity contribution in [3.8, 4) is 0 Å². The maximum Gasteiger partial charge on any atom is 0.326 e. The highest BCUT2D eigenvalue weighted by molar-refractivity contribution is 5.83. The fourth-order valence-corrected chi connectivity index (χ4v) is 3.78. The Hall–Kier alpha value is -1.06. The summed E-state index contributed by atoms with van der Waals surface area (Å²) in [4.78, 5) is 23.2. The van der Waals surface area contributed by atoms with Crippen LogP contribution in [0.15, 0.2) is 0 Å². The molecule has 172 valence electrons. The van der Waals surface area contributed by atoms with E-state index in [1.54, 1.807) is 0 Å². The zero-order valence-electron chi connectivity index (χ0n) is 19.5. The molecule has 0 aliphatic heterocycles. The van der Waals surface area contributed by atoms with Crippen molar-refractivity contribution >= 4 is 11.9 Å². The molecule has 0 saturated carbocycles. The maximum atomic E-state index is 12.0. The average Bonchev–Trinajstić information content (AvgIpc) is 2.70. The first-order valence-corrected chi connectivity index (χ1v) is 12.6. The topological polar surface area (TPSA) is 66.4 Å². The van der Waals surface area contributed by atoms with Crippen molar-refractivity contribution in [3.05, 3.63) is 0 Å². The molecular formula is C25H49NO3. The lowest BCUT2D eigenvalue weighted by Gasteiger charge is -2.14. The molecule has 0 saturated heterocycles. The monoisotopic (exact) mass is 411 g/mol. The third kappa shape index (κ3) is 20.0. The Labute approximate surface area is 180 Å². The molecule has 0 rings (SSSR count). The SMILES string of the molecule is CCCCCCCCCCCCCCCCCC(=O)N[C@@H](CCCCC)C(=O)O. The van der Waals surface area contributed by atoms with Crippen molar-refractivity contribution in [3.63, 3.8) is 0 Å². The molecule has 0 aromatic heterocycles. The normalized spacial score (nSPS) is 12.1. The summed E-state index contributed by atoms with van der Waals surface area (Å²) in [5.74, 6) is -1.02. The number of rotatable bonds is 22. The molecule has 4 heteroatoms. The fraction of sp³-hybridized carbons (Fsp3) is 0.920. The minimum absolute atomic E-state index is 0.108. The van der Waals surface area contributed by atoms with Crippen molar-refractivity contribution in [2.24, 2.45) is 0 Å². The summed E-state index contributed by atoms with van der Waals surface area (Å²) in [6.07, 6.45) is 23.5. The van der Waals surface area contributed by atoms with Gasteiger partial charge in [-0.3, -0.25) is 4.79 Å². The first-order valence-electron chi connectivity index (χ1n) is 12.6. The van der Waals surface area contributed by atoms with Gasteiger partial charge in [0.05, 0.1) is 0 Å². The van der Waals surface area contributed by atoms with E-state index in [-0.39, 0.29) is 5.91 Å². The molecule has 0 bridgehead atoms. The minimum atomic E-state index is -0.911. The highest BCUT2D eigenvalue weighted by atomic mass is 16.4. The number of hydrogen-bond acceptors (Lipinski definition) is 2. The second kappa shape index (κ2) is 21.6. The first kappa shape index (κ1) is 27.9. The van der Waals surface area contributed by atoms with Crippen LogP contribution in [0.25, 0.3) is 0 Å². The number of aliphatic carboxylic acids is 1. The van der Waals surface area contributed by atoms with Crippen LogP contribution in [0, 0.1) is 0 Å². The third-order valence-corrected chi connectivity index (χ3v) is 5.74. The highest BCUT2D eigenvalue weighted by Crippen LogP contribution is 2.14. The van der Waals surface area contributed by atoms with Crippen LogP contribution in [0.2, 0.25) is 0 Å². The predicted molar refractivity (Wildman–Crippen MR) is 123 cm³/mol. The summed E-state index contributed by atoms with van der Waals surface area (Å²) in [7, 11) is 0. The molecular weight excluding hydrogens is 362 g/mol. The van der Waals surface area contributed by atoms with E-state index in [0.717, 1.165) is 32.1 Å². The van der Waals surface area contributed by atoms with Crippen molar-refractivity contribution < 1.29 is 14.7 Å². The standard InChI is InChI=1S/C25H49NO3/c1-3-5-7-8-9-10-11-12-13-14-15-16-17-18-20-22-24(27)26-23(25(28)29)21-19-6-4-2/h23H,3-22H2,1-2H3,(H,26,27)(H,28,29)/t23-/m0/s1. The van der Waals surface area contributed by atoms with Crippen LogP contribution in [-0.4, -0.2) is 23.0 Å². The van der Waals surface area contributed by atoms with E-state index in [1.165, 1.54) is 83.5 Å². The van der Waals surface area contributed by atoms with E-state index in [0.29, 0.717) is 12.8 Å². The van der Waals surface area contributed by atoms with Crippen LogP contribution < -0.4 is 5.32 Å². The Bertz CT molecular complexity index is 384. The smallest absolute Gasteiger partial charge is 0.326 e. The number of carbonyl (C=O) groups is 2. The van der Waals surface area contributed by atoms with Gasteiger partial charge >= 0.3 is 5.97 Å². The van der Waals surface area contributed by atoms with Gasteiger partial charge in [0.15, 0.2) is 0 Å². The Morgan fingerprint density at radius 1 is 0.621 bits per heavy atom. The summed E-state index contributed by atoms with van der Waals surface area (Å²) in [6.45, 7) is 4.36. The van der Waals surface area contributed by atoms with Gasteiger partial charge in [0.25, 0.3) is 0 Å². The zero-order chi connectivity index (χ0) is 21.6. The molecule has 0 radical (unpaired) electrons. The maximum absolute atomic E-state index is 12.0. The van der Waals surface area contributed by atoms with Crippen LogP contribution >= 0.6 is 0 Å². The molecule has 1 atom stereocenters. The van der Waals surface area contributed by atoms with Gasteiger partial charge in [0.1, 0.15) is 6.04 Å². The zero-order valence-corrected chi connectivity index (χ0v) is 19.5. The molecule has 0 spiro atoms. The first-order chi connectivity index (χ1) is 14.1. The molecule has 0 fully saturated rings. The second-order valence-electron chi connectivity index (χ2n) is 8.65. The molecule has 2 N–H and O–H groups in total. The lowest BCUT2D eigenvalue weighted by Crippen LogP contribution is -2.40. The number of carbonyl (C=O) groups excluding carboxylic acids is 1. The Morgan fingerprint density at radius 2 is 1.00 bits per heavy atom. The van der Waals surface area contributed by atoms with E-state index in [1.807, 2.05) is 0 Å². The molecule has 0 aliphatic carbocycles. The molecule has 0 heterocycles. The van der Waals surface area contributed by atoms with Gasteiger partial charge in [0.2, 0.25) is 5.91 Å². The van der Waals surface area contributed by atoms with Crippen LogP contribution in [-0.2, 0) is 9.59 Å². The quantitative estimate of drug-likeness (QED) is 0.182. The molecule has 29 heavy (non-hydrogen) atoms. The summed E-state index contributed by atoms with van der Waals surface area (Å²) in [5.41, 5.74) is 0. The minimum Gasteiger partial charge on any atom is -0.480 e. The van der Waals surface area contributed by atoms with Crippen LogP contribution in [0.1, 0.15) is 142 Å². The third-order valence-electron chi connectivity index (χ3n) is 5.74. The van der Waals surface area contributed by atoms with Gasteiger partial charge in [-0.05, 0) is 12.8 Å². The van der Waals surface area contributed by atoms with Gasteiger partial charge in [-0.1, -0.05) is 123 Å². The van der Waals surface area contributed by atoms with Gasteiger partial charge < -0.3 is 10.4 Å². The number of amides is 1. The molecule has 1 amide bonds. The van der Waals surface area contributed by atoms with Crippen LogP contribution in [0.4, 0.5) is 0 Å². The Kier molecular flexibility index (Phi) is 20.9. The van der Waals surface area contributed by atoms with Crippen molar-refractivity contribution in [1.82, 2.24) is 5.32 Å². The molecule has 0 aromatic carbocycles. The molecule has 0 aromatic rings.